The Kier molecular flexibility index (Phi) is 4.85. The van der Waals surface area contributed by atoms with Crippen molar-refractivity contribution < 1.29 is 27.5 Å². The zero-order valence-electron chi connectivity index (χ0n) is 9.95. The van der Waals surface area contributed by atoms with Gasteiger partial charge >= 0.3 is 6.18 Å². The van der Waals surface area contributed by atoms with Crippen LogP contribution in [-0.2, 0) is 4.79 Å². The maximum Gasteiger partial charge on any atom is 0.405 e. The van der Waals surface area contributed by atoms with Crippen molar-refractivity contribution in [1.29, 1.82) is 0 Å². The standard InChI is InChI=1S/C11H11F3N2O3/c1-7-2-3-9(8(4-17)16-7)19-5-10(18)15-6-11(12,13)14/h2-4H,5-6H2,1H3,(H,15,18). The van der Waals surface area contributed by atoms with Crippen LogP contribution in [-0.4, -0.2) is 36.5 Å². The fourth-order valence-electron chi connectivity index (χ4n) is 1.16. The zero-order valence-corrected chi connectivity index (χ0v) is 9.95. The van der Waals surface area contributed by atoms with Gasteiger partial charge in [-0.25, -0.2) is 4.98 Å². The van der Waals surface area contributed by atoms with Crippen molar-refractivity contribution in [2.75, 3.05) is 13.2 Å². The second-order valence-corrected chi connectivity index (χ2v) is 3.63. The molecule has 0 atom stereocenters. The van der Waals surface area contributed by atoms with Crippen molar-refractivity contribution in [2.45, 2.75) is 13.1 Å². The van der Waals surface area contributed by atoms with Crippen LogP contribution >= 0.6 is 0 Å². The summed E-state index contributed by atoms with van der Waals surface area (Å²) in [6.45, 7) is -0.393. The largest absolute Gasteiger partial charge is 0.481 e. The Hall–Kier alpha value is -2.12. The number of nitrogens with zero attached hydrogens (tertiary/aromatic N) is 1. The van der Waals surface area contributed by atoms with Gasteiger partial charge in [0.25, 0.3) is 5.91 Å². The Morgan fingerprint density at radius 1 is 1.47 bits per heavy atom. The molecule has 5 nitrogen and oxygen atoms in total. The van der Waals surface area contributed by atoms with Crippen LogP contribution in [0.3, 0.4) is 0 Å². The number of alkyl halides is 3. The normalized spacial score (nSPS) is 10.9. The van der Waals surface area contributed by atoms with Crippen LogP contribution in [0.4, 0.5) is 13.2 Å². The third kappa shape index (κ3) is 5.36. The number of aldehydes is 1. The van der Waals surface area contributed by atoms with Gasteiger partial charge in [-0.05, 0) is 19.1 Å². The number of ether oxygens (including phenoxy) is 1. The molecule has 19 heavy (non-hydrogen) atoms. The van der Waals surface area contributed by atoms with Crippen molar-refractivity contribution in [3.05, 3.63) is 23.5 Å². The second kappa shape index (κ2) is 6.17. The van der Waals surface area contributed by atoms with Crippen molar-refractivity contribution >= 4 is 12.2 Å². The number of rotatable bonds is 5. The highest BCUT2D eigenvalue weighted by atomic mass is 19.4. The molecule has 104 valence electrons. The second-order valence-electron chi connectivity index (χ2n) is 3.63. The summed E-state index contributed by atoms with van der Waals surface area (Å²) in [5, 5.41) is 1.64. The van der Waals surface area contributed by atoms with Crippen LogP contribution in [0.5, 0.6) is 5.75 Å². The molecule has 1 aromatic rings. The molecule has 1 rings (SSSR count). The highest BCUT2D eigenvalue weighted by Crippen LogP contribution is 2.15. The number of amides is 1. The van der Waals surface area contributed by atoms with E-state index in [4.69, 9.17) is 4.74 Å². The first-order valence-electron chi connectivity index (χ1n) is 5.21. The molecule has 0 aliphatic carbocycles. The van der Waals surface area contributed by atoms with Crippen molar-refractivity contribution in [2.24, 2.45) is 0 Å². The lowest BCUT2D eigenvalue weighted by Gasteiger charge is -2.10. The summed E-state index contributed by atoms with van der Waals surface area (Å²) < 4.78 is 40.4. The van der Waals surface area contributed by atoms with Crippen LogP contribution in [0.2, 0.25) is 0 Å². The molecule has 0 fully saturated rings. The van der Waals surface area contributed by atoms with Crippen molar-refractivity contribution in [1.82, 2.24) is 10.3 Å². The van der Waals surface area contributed by atoms with E-state index in [9.17, 15) is 22.8 Å². The topological polar surface area (TPSA) is 68.3 Å². The number of carbonyl (C=O) groups is 2. The predicted molar refractivity (Wildman–Crippen MR) is 58.9 cm³/mol. The molecule has 0 aromatic carbocycles. The highest BCUT2D eigenvalue weighted by Gasteiger charge is 2.27. The van der Waals surface area contributed by atoms with Gasteiger partial charge in [0.05, 0.1) is 0 Å². The molecular formula is C11H11F3N2O3. The summed E-state index contributed by atoms with van der Waals surface area (Å²) in [5.41, 5.74) is 0.569. The first-order valence-corrected chi connectivity index (χ1v) is 5.21. The van der Waals surface area contributed by atoms with Gasteiger partial charge in [0.1, 0.15) is 18.0 Å². The Balaban J connectivity index is 2.53. The monoisotopic (exact) mass is 276 g/mol. The third-order valence-corrected chi connectivity index (χ3v) is 1.98. The van der Waals surface area contributed by atoms with Gasteiger partial charge < -0.3 is 10.1 Å². The van der Waals surface area contributed by atoms with Gasteiger partial charge in [0.15, 0.2) is 12.9 Å². The summed E-state index contributed by atoms with van der Waals surface area (Å²) in [6.07, 6.45) is -4.04. The molecule has 0 radical (unpaired) electrons. The zero-order chi connectivity index (χ0) is 14.5. The van der Waals surface area contributed by atoms with E-state index in [0.717, 1.165) is 0 Å². The molecule has 0 saturated heterocycles. The number of hydrogen-bond donors (Lipinski definition) is 1. The van der Waals surface area contributed by atoms with Crippen LogP contribution in [0.15, 0.2) is 12.1 Å². The molecular weight excluding hydrogens is 265 g/mol. The summed E-state index contributed by atoms with van der Waals surface area (Å²) in [7, 11) is 0. The van der Waals surface area contributed by atoms with Gasteiger partial charge in [-0.15, -0.1) is 0 Å². The van der Waals surface area contributed by atoms with Crippen LogP contribution in [0.1, 0.15) is 16.2 Å². The van der Waals surface area contributed by atoms with Gasteiger partial charge in [-0.2, -0.15) is 13.2 Å². The third-order valence-electron chi connectivity index (χ3n) is 1.98. The van der Waals surface area contributed by atoms with E-state index in [2.05, 4.69) is 4.98 Å². The molecule has 0 bridgehead atoms. The quantitative estimate of drug-likeness (QED) is 0.822. The van der Waals surface area contributed by atoms with E-state index < -0.39 is 25.2 Å². The van der Waals surface area contributed by atoms with E-state index in [1.165, 1.54) is 6.07 Å². The maximum atomic E-state index is 11.8. The number of aromatic nitrogens is 1. The van der Waals surface area contributed by atoms with E-state index in [0.29, 0.717) is 12.0 Å². The fourth-order valence-corrected chi connectivity index (χ4v) is 1.16. The van der Waals surface area contributed by atoms with Gasteiger partial charge in [0, 0.05) is 5.69 Å². The molecule has 1 heterocycles. The molecule has 1 amide bonds. The lowest BCUT2D eigenvalue weighted by Crippen LogP contribution is -2.36. The molecule has 0 aliphatic heterocycles. The minimum absolute atomic E-state index is 0.0105. The van der Waals surface area contributed by atoms with Gasteiger partial charge in [0.2, 0.25) is 0 Å². The van der Waals surface area contributed by atoms with Crippen molar-refractivity contribution in [3.8, 4) is 5.75 Å². The first-order chi connectivity index (χ1) is 8.81. The Bertz CT molecular complexity index is 475. The Morgan fingerprint density at radius 3 is 2.74 bits per heavy atom. The lowest BCUT2D eigenvalue weighted by molar-refractivity contribution is -0.139. The number of nitrogens with one attached hydrogen (secondary N) is 1. The Morgan fingerprint density at radius 2 is 2.16 bits per heavy atom. The SMILES string of the molecule is Cc1ccc(OCC(=O)NCC(F)(F)F)c(C=O)n1. The average Bonchev–Trinajstić information content (AvgIpc) is 2.33. The minimum Gasteiger partial charge on any atom is -0.481 e. The molecule has 1 aromatic heterocycles. The summed E-state index contributed by atoms with van der Waals surface area (Å²) in [4.78, 5) is 25.6. The molecule has 0 aliphatic rings. The molecule has 0 saturated carbocycles. The number of carbonyl (C=O) groups excluding carboxylic acids is 2. The fraction of sp³-hybridized carbons (Fsp3) is 0.364. The van der Waals surface area contributed by atoms with E-state index >= 15 is 0 Å². The average molecular weight is 276 g/mol. The first kappa shape index (κ1) is 14.9. The van der Waals surface area contributed by atoms with Crippen molar-refractivity contribution in [3.63, 3.8) is 0 Å². The highest BCUT2D eigenvalue weighted by molar-refractivity contribution is 5.79. The molecule has 0 unspecified atom stereocenters. The van der Waals surface area contributed by atoms with Gasteiger partial charge in [-0.1, -0.05) is 0 Å². The van der Waals surface area contributed by atoms with Gasteiger partial charge in [-0.3, -0.25) is 9.59 Å². The number of hydrogen-bond acceptors (Lipinski definition) is 4. The smallest absolute Gasteiger partial charge is 0.405 e. The lowest BCUT2D eigenvalue weighted by atomic mass is 10.3. The predicted octanol–water partition coefficient (Wildman–Crippen LogP) is 1.26. The molecule has 0 spiro atoms. The summed E-state index contributed by atoms with van der Waals surface area (Å²) >= 11 is 0. The van der Waals surface area contributed by atoms with E-state index in [1.54, 1.807) is 18.3 Å². The molecule has 8 heteroatoms. The summed E-state index contributed by atoms with van der Waals surface area (Å²) in [6, 6.07) is 2.97. The maximum absolute atomic E-state index is 11.8. The number of aryl methyl sites for hydroxylation is 1. The number of halogens is 3. The van der Waals surface area contributed by atoms with E-state index in [1.807, 2.05) is 0 Å². The Labute approximate surface area is 106 Å². The summed E-state index contributed by atoms with van der Waals surface area (Å²) in [5.74, 6) is -0.891. The van der Waals surface area contributed by atoms with Crippen LogP contribution in [0.25, 0.3) is 0 Å². The van der Waals surface area contributed by atoms with Crippen LogP contribution < -0.4 is 10.1 Å². The van der Waals surface area contributed by atoms with Crippen LogP contribution in [0, 0.1) is 6.92 Å². The molecule has 1 N–H and O–H groups in total. The van der Waals surface area contributed by atoms with E-state index in [-0.39, 0.29) is 11.4 Å². The number of pyridine rings is 1. The minimum atomic E-state index is -4.48.